The van der Waals surface area contributed by atoms with Crippen molar-refractivity contribution in [3.8, 4) is 0 Å². The van der Waals surface area contributed by atoms with E-state index in [1.165, 1.54) is 0 Å². The van der Waals surface area contributed by atoms with Crippen molar-refractivity contribution in [2.24, 2.45) is 0 Å². The van der Waals surface area contributed by atoms with E-state index in [1.807, 2.05) is 0 Å². The predicted molar refractivity (Wildman–Crippen MR) is 70.7 cm³/mol. The van der Waals surface area contributed by atoms with Gasteiger partial charge in [-0.15, -0.1) is 0 Å². The maximum absolute atomic E-state index is 13.4. The van der Waals surface area contributed by atoms with E-state index in [-0.39, 0.29) is 22.3 Å². The summed E-state index contributed by atoms with van der Waals surface area (Å²) in [5.74, 6) is -1.84. The first-order valence-electron chi connectivity index (χ1n) is 5.49. The molecule has 0 aliphatic heterocycles. The summed E-state index contributed by atoms with van der Waals surface area (Å²) in [4.78, 5) is 21.2. The van der Waals surface area contributed by atoms with E-state index in [9.17, 15) is 19.3 Å². The number of halogens is 2. The largest absolute Gasteiger partial charge is 0.480 e. The van der Waals surface area contributed by atoms with Gasteiger partial charge in [-0.2, -0.15) is 0 Å². The Bertz CT molecular complexity index is 510. The second-order valence-electron chi connectivity index (χ2n) is 3.86. The van der Waals surface area contributed by atoms with Crippen LogP contribution in [-0.2, 0) is 4.79 Å². The molecule has 19 heavy (non-hydrogen) atoms. The third kappa shape index (κ3) is 3.88. The number of nitrogens with one attached hydrogen (secondary N) is 1. The number of nitro benzene ring substituents is 1. The molecule has 0 saturated heterocycles. The molecule has 0 amide bonds. The van der Waals surface area contributed by atoms with E-state index >= 15 is 0 Å². The van der Waals surface area contributed by atoms with Crippen LogP contribution in [0.15, 0.2) is 16.6 Å². The van der Waals surface area contributed by atoms with Crippen molar-refractivity contribution in [1.82, 2.24) is 0 Å². The average molecular weight is 335 g/mol. The van der Waals surface area contributed by atoms with Crippen LogP contribution in [0.3, 0.4) is 0 Å². The Morgan fingerprint density at radius 2 is 2.26 bits per heavy atom. The third-order valence-corrected chi connectivity index (χ3v) is 3.05. The molecule has 1 unspecified atom stereocenters. The SMILES string of the molecule is CCCC(Nc1cc(F)c(Br)cc1[N+](=O)[O-])C(=O)O. The molecule has 2 N–H and O–H groups in total. The van der Waals surface area contributed by atoms with Crippen LogP contribution in [0.1, 0.15) is 19.8 Å². The zero-order valence-corrected chi connectivity index (χ0v) is 11.6. The summed E-state index contributed by atoms with van der Waals surface area (Å²) < 4.78 is 13.4. The van der Waals surface area contributed by atoms with Crippen LogP contribution in [-0.4, -0.2) is 22.0 Å². The summed E-state index contributed by atoms with van der Waals surface area (Å²) in [7, 11) is 0. The summed E-state index contributed by atoms with van der Waals surface area (Å²) in [5.41, 5.74) is -0.526. The van der Waals surface area contributed by atoms with E-state index in [2.05, 4.69) is 21.2 Å². The topological polar surface area (TPSA) is 92.5 Å². The third-order valence-electron chi connectivity index (χ3n) is 2.44. The highest BCUT2D eigenvalue weighted by atomic mass is 79.9. The van der Waals surface area contributed by atoms with E-state index in [0.29, 0.717) is 6.42 Å². The molecule has 1 aromatic rings. The molecular weight excluding hydrogens is 323 g/mol. The highest BCUT2D eigenvalue weighted by Gasteiger charge is 2.23. The van der Waals surface area contributed by atoms with Crippen LogP contribution in [0.5, 0.6) is 0 Å². The highest BCUT2D eigenvalue weighted by Crippen LogP contribution is 2.31. The lowest BCUT2D eigenvalue weighted by Crippen LogP contribution is -2.29. The molecule has 0 heterocycles. The second kappa shape index (κ2) is 6.46. The lowest BCUT2D eigenvalue weighted by atomic mass is 10.1. The first-order valence-corrected chi connectivity index (χ1v) is 6.28. The van der Waals surface area contributed by atoms with Gasteiger partial charge in [0.05, 0.1) is 9.40 Å². The monoisotopic (exact) mass is 334 g/mol. The number of nitro groups is 1. The van der Waals surface area contributed by atoms with E-state index in [1.54, 1.807) is 6.92 Å². The molecule has 6 nitrogen and oxygen atoms in total. The Labute approximate surface area is 116 Å². The van der Waals surface area contributed by atoms with Crippen molar-refractivity contribution >= 4 is 33.3 Å². The van der Waals surface area contributed by atoms with Crippen LogP contribution in [0.25, 0.3) is 0 Å². The number of benzene rings is 1. The Balaban J connectivity index is 3.14. The fraction of sp³-hybridized carbons (Fsp3) is 0.364. The van der Waals surface area contributed by atoms with E-state index in [0.717, 1.165) is 12.1 Å². The Morgan fingerprint density at radius 1 is 1.63 bits per heavy atom. The molecule has 1 aromatic carbocycles. The summed E-state index contributed by atoms with van der Waals surface area (Å²) in [6.07, 6.45) is 0.862. The van der Waals surface area contributed by atoms with Crippen molar-refractivity contribution in [2.45, 2.75) is 25.8 Å². The summed E-state index contributed by atoms with van der Waals surface area (Å²) >= 11 is 2.85. The van der Waals surface area contributed by atoms with Crippen molar-refractivity contribution < 1.29 is 19.2 Å². The number of anilines is 1. The van der Waals surface area contributed by atoms with Crippen LogP contribution >= 0.6 is 15.9 Å². The minimum atomic E-state index is -1.14. The molecule has 1 atom stereocenters. The fourth-order valence-electron chi connectivity index (χ4n) is 1.54. The van der Waals surface area contributed by atoms with Gasteiger partial charge in [0, 0.05) is 12.1 Å². The number of carboxylic acids is 1. The molecule has 0 spiro atoms. The van der Waals surface area contributed by atoms with E-state index in [4.69, 9.17) is 5.11 Å². The van der Waals surface area contributed by atoms with Gasteiger partial charge in [0.15, 0.2) is 0 Å². The highest BCUT2D eigenvalue weighted by molar-refractivity contribution is 9.10. The predicted octanol–water partition coefficient (Wildman–Crippen LogP) is 3.16. The van der Waals surface area contributed by atoms with Crippen LogP contribution in [0.2, 0.25) is 0 Å². The Morgan fingerprint density at radius 3 is 2.74 bits per heavy atom. The first kappa shape index (κ1) is 15.4. The molecule has 104 valence electrons. The summed E-state index contributed by atoms with van der Waals surface area (Å²) in [6.45, 7) is 1.79. The Kier molecular flexibility index (Phi) is 5.22. The number of carboxylic acid groups (broad SMARTS) is 1. The number of nitrogens with zero attached hydrogens (tertiary/aromatic N) is 1. The van der Waals surface area contributed by atoms with E-state index < -0.39 is 22.8 Å². The molecule has 1 rings (SSSR count). The maximum Gasteiger partial charge on any atom is 0.326 e. The van der Waals surface area contributed by atoms with Gasteiger partial charge < -0.3 is 10.4 Å². The van der Waals surface area contributed by atoms with Gasteiger partial charge in [0.1, 0.15) is 17.5 Å². The Hall–Kier alpha value is -1.70. The molecule has 0 aliphatic rings. The molecule has 0 bridgehead atoms. The number of rotatable bonds is 6. The molecule has 0 fully saturated rings. The molecule has 8 heteroatoms. The lowest BCUT2D eigenvalue weighted by Gasteiger charge is -2.15. The normalized spacial score (nSPS) is 11.9. The van der Waals surface area contributed by atoms with Gasteiger partial charge in [0.25, 0.3) is 5.69 Å². The first-order chi connectivity index (χ1) is 8.86. The quantitative estimate of drug-likeness (QED) is 0.615. The number of aliphatic carboxylic acids is 1. The number of hydrogen-bond donors (Lipinski definition) is 2. The van der Waals surface area contributed by atoms with Crippen molar-refractivity contribution in [3.63, 3.8) is 0 Å². The standard InChI is InChI=1S/C11H12BrFN2O4/c1-2-3-8(11(16)17)14-9-5-7(13)6(12)4-10(9)15(18)19/h4-5,8,14H,2-3H2,1H3,(H,16,17). The van der Waals surface area contributed by atoms with Gasteiger partial charge in [-0.25, -0.2) is 9.18 Å². The zero-order valence-electron chi connectivity index (χ0n) is 10.0. The van der Waals surface area contributed by atoms with Crippen molar-refractivity contribution in [3.05, 3.63) is 32.5 Å². The molecule has 0 aromatic heterocycles. The molecule has 0 saturated carbocycles. The zero-order chi connectivity index (χ0) is 14.6. The number of carbonyl (C=O) groups is 1. The second-order valence-corrected chi connectivity index (χ2v) is 4.72. The van der Waals surface area contributed by atoms with Crippen LogP contribution in [0, 0.1) is 15.9 Å². The molecular formula is C11H12BrFN2O4. The van der Waals surface area contributed by atoms with Gasteiger partial charge in [-0.1, -0.05) is 13.3 Å². The van der Waals surface area contributed by atoms with Gasteiger partial charge >= 0.3 is 5.97 Å². The minimum absolute atomic E-state index is 0.0490. The summed E-state index contributed by atoms with van der Waals surface area (Å²) in [5, 5.41) is 22.3. The van der Waals surface area contributed by atoms with Gasteiger partial charge in [-0.3, -0.25) is 10.1 Å². The average Bonchev–Trinajstić information content (AvgIpc) is 2.32. The fourth-order valence-corrected chi connectivity index (χ4v) is 1.87. The number of hydrogen-bond acceptors (Lipinski definition) is 4. The minimum Gasteiger partial charge on any atom is -0.480 e. The van der Waals surface area contributed by atoms with Crippen molar-refractivity contribution in [1.29, 1.82) is 0 Å². The lowest BCUT2D eigenvalue weighted by molar-refractivity contribution is -0.384. The molecule has 0 radical (unpaired) electrons. The smallest absolute Gasteiger partial charge is 0.326 e. The van der Waals surface area contributed by atoms with Gasteiger partial charge in [-0.05, 0) is 22.4 Å². The molecule has 0 aliphatic carbocycles. The van der Waals surface area contributed by atoms with Crippen LogP contribution < -0.4 is 5.32 Å². The maximum atomic E-state index is 13.4. The van der Waals surface area contributed by atoms with Gasteiger partial charge in [0.2, 0.25) is 0 Å². The van der Waals surface area contributed by atoms with Crippen molar-refractivity contribution in [2.75, 3.05) is 5.32 Å². The summed E-state index contributed by atoms with van der Waals surface area (Å²) in [6, 6.07) is 0.917. The van der Waals surface area contributed by atoms with Crippen LogP contribution in [0.4, 0.5) is 15.8 Å².